The summed E-state index contributed by atoms with van der Waals surface area (Å²) in [6.45, 7) is 1.53. The minimum absolute atomic E-state index is 0.128. The van der Waals surface area contributed by atoms with Crippen molar-refractivity contribution in [1.82, 2.24) is 10.3 Å². The van der Waals surface area contributed by atoms with Crippen molar-refractivity contribution in [2.75, 3.05) is 37.0 Å². The van der Waals surface area contributed by atoms with Crippen LogP contribution in [0.3, 0.4) is 0 Å². The second kappa shape index (κ2) is 9.84. The highest BCUT2D eigenvalue weighted by atomic mass is 16.5. The van der Waals surface area contributed by atoms with Gasteiger partial charge in [0.25, 0.3) is 0 Å². The van der Waals surface area contributed by atoms with Gasteiger partial charge in [0.1, 0.15) is 11.4 Å². The maximum atomic E-state index is 12.3. The van der Waals surface area contributed by atoms with Crippen LogP contribution in [0.1, 0.15) is 55.3 Å². The minimum atomic E-state index is -0.464. The number of esters is 1. The van der Waals surface area contributed by atoms with Crippen LogP contribution < -0.4 is 21.3 Å². The summed E-state index contributed by atoms with van der Waals surface area (Å²) in [4.78, 5) is 30.4. The summed E-state index contributed by atoms with van der Waals surface area (Å²) >= 11 is 0. The number of pyridine rings is 1. The van der Waals surface area contributed by atoms with Gasteiger partial charge in [-0.05, 0) is 31.7 Å². The van der Waals surface area contributed by atoms with E-state index in [1.54, 1.807) is 12.3 Å². The summed E-state index contributed by atoms with van der Waals surface area (Å²) in [5.74, 6) is -0.192. The number of nitrogens with zero attached hydrogens (tertiary/aromatic N) is 2. The van der Waals surface area contributed by atoms with Crippen molar-refractivity contribution in [1.29, 1.82) is 0 Å². The van der Waals surface area contributed by atoms with E-state index < -0.39 is 5.97 Å². The fraction of sp³-hybridized carbons (Fsp3) is 0.650. The molecule has 3 rings (SSSR count). The molecule has 0 bridgehead atoms. The molecule has 0 aromatic carbocycles. The Morgan fingerprint density at radius 2 is 1.86 bits per heavy atom. The van der Waals surface area contributed by atoms with E-state index in [1.165, 1.54) is 39.2 Å². The Bertz CT molecular complexity index is 682. The van der Waals surface area contributed by atoms with E-state index in [1.807, 2.05) is 0 Å². The molecule has 2 aliphatic rings. The summed E-state index contributed by atoms with van der Waals surface area (Å²) < 4.78 is 4.92. The minimum Gasteiger partial charge on any atom is -0.465 e. The van der Waals surface area contributed by atoms with Crippen LogP contribution in [-0.4, -0.2) is 55.7 Å². The van der Waals surface area contributed by atoms with Crippen LogP contribution in [0.25, 0.3) is 0 Å². The molecule has 1 saturated heterocycles. The van der Waals surface area contributed by atoms with Crippen LogP contribution in [0.2, 0.25) is 0 Å². The van der Waals surface area contributed by atoms with Gasteiger partial charge in [0.15, 0.2) is 0 Å². The van der Waals surface area contributed by atoms with E-state index in [0.717, 1.165) is 25.9 Å². The number of nitrogens with two attached hydrogens (primary N) is 1. The lowest BCUT2D eigenvalue weighted by atomic mass is 9.93. The van der Waals surface area contributed by atoms with E-state index in [9.17, 15) is 9.59 Å². The molecule has 0 spiro atoms. The lowest BCUT2D eigenvalue weighted by Gasteiger charge is -2.36. The predicted octanol–water partition coefficient (Wildman–Crippen LogP) is 1.66. The van der Waals surface area contributed by atoms with Gasteiger partial charge in [-0.25, -0.2) is 9.78 Å². The molecule has 0 unspecified atom stereocenters. The van der Waals surface area contributed by atoms with Crippen LogP contribution in [0.4, 0.5) is 11.5 Å². The molecule has 1 saturated carbocycles. The first-order valence-corrected chi connectivity index (χ1v) is 10.2. The number of methoxy groups -OCH3 is 1. The van der Waals surface area contributed by atoms with Gasteiger partial charge in [0, 0.05) is 25.2 Å². The smallest absolute Gasteiger partial charge is 0.341 e. The largest absolute Gasteiger partial charge is 0.465 e. The molecule has 1 amide bonds. The zero-order chi connectivity index (χ0) is 19.9. The molecule has 154 valence electrons. The molecular formula is C20H31N5O3. The van der Waals surface area contributed by atoms with Crippen molar-refractivity contribution >= 4 is 23.4 Å². The first-order chi connectivity index (χ1) is 13.6. The molecular weight excluding hydrogens is 358 g/mol. The maximum Gasteiger partial charge on any atom is 0.341 e. The average Bonchev–Trinajstić information content (AvgIpc) is 2.74. The second-order valence-electron chi connectivity index (χ2n) is 7.60. The Labute approximate surface area is 166 Å². The molecule has 1 aliphatic heterocycles. The number of aromatic nitrogens is 1. The Hall–Kier alpha value is -2.19. The van der Waals surface area contributed by atoms with Crippen molar-refractivity contribution in [3.8, 4) is 0 Å². The van der Waals surface area contributed by atoms with Crippen molar-refractivity contribution in [2.45, 2.75) is 57.0 Å². The van der Waals surface area contributed by atoms with Gasteiger partial charge in [0.2, 0.25) is 5.91 Å². The van der Waals surface area contributed by atoms with E-state index in [4.69, 9.17) is 10.5 Å². The first kappa shape index (κ1) is 20.5. The monoisotopic (exact) mass is 389 g/mol. The lowest BCUT2D eigenvalue weighted by Crippen LogP contribution is -2.47. The van der Waals surface area contributed by atoms with Crippen molar-refractivity contribution in [3.63, 3.8) is 0 Å². The zero-order valence-electron chi connectivity index (χ0n) is 16.6. The summed E-state index contributed by atoms with van der Waals surface area (Å²) in [5, 5.41) is 6.45. The molecule has 1 aromatic rings. The first-order valence-electron chi connectivity index (χ1n) is 10.2. The molecule has 8 heteroatoms. The van der Waals surface area contributed by atoms with Gasteiger partial charge in [0.05, 0.1) is 25.5 Å². The average molecular weight is 390 g/mol. The highest BCUT2D eigenvalue weighted by Gasteiger charge is 2.26. The molecule has 0 radical (unpaired) electrons. The lowest BCUT2D eigenvalue weighted by molar-refractivity contribution is -0.114. The van der Waals surface area contributed by atoms with Crippen LogP contribution >= 0.6 is 0 Å². The van der Waals surface area contributed by atoms with Gasteiger partial charge in [-0.15, -0.1) is 0 Å². The van der Waals surface area contributed by atoms with Crippen molar-refractivity contribution in [3.05, 3.63) is 17.8 Å². The van der Waals surface area contributed by atoms with E-state index in [0.29, 0.717) is 29.2 Å². The standard InChI is InChI=1S/C20H31N5O3/c1-28-20(27)17-11-16(24-18(26)12-21)13-22-19(17)25-9-7-15(8-10-25)23-14-5-3-2-4-6-14/h11,13-15,23H,2-10,12,21H2,1H3,(H,24,26). The van der Waals surface area contributed by atoms with Crippen LogP contribution in [-0.2, 0) is 9.53 Å². The zero-order valence-corrected chi connectivity index (χ0v) is 16.6. The Morgan fingerprint density at radius 3 is 2.50 bits per heavy atom. The number of ether oxygens (including phenoxy) is 1. The molecule has 4 N–H and O–H groups in total. The number of piperidine rings is 1. The maximum absolute atomic E-state index is 12.3. The molecule has 28 heavy (non-hydrogen) atoms. The number of anilines is 2. The number of hydrogen-bond donors (Lipinski definition) is 3. The van der Waals surface area contributed by atoms with Crippen molar-refractivity contribution in [2.24, 2.45) is 5.73 Å². The van der Waals surface area contributed by atoms with E-state index >= 15 is 0 Å². The second-order valence-corrected chi connectivity index (χ2v) is 7.60. The molecule has 2 fully saturated rings. The fourth-order valence-electron chi connectivity index (χ4n) is 4.11. The quantitative estimate of drug-likeness (QED) is 0.635. The summed E-state index contributed by atoms with van der Waals surface area (Å²) in [5.41, 5.74) is 6.13. The normalized spacial score (nSPS) is 18.7. The van der Waals surface area contributed by atoms with Crippen LogP contribution in [0.15, 0.2) is 12.3 Å². The number of rotatable bonds is 6. The third-order valence-corrected chi connectivity index (χ3v) is 5.61. The summed E-state index contributed by atoms with van der Waals surface area (Å²) in [6.07, 6.45) is 10.2. The van der Waals surface area contributed by atoms with Gasteiger partial charge < -0.3 is 26.0 Å². The number of nitrogens with one attached hydrogen (secondary N) is 2. The summed E-state index contributed by atoms with van der Waals surface area (Å²) in [6, 6.07) is 2.78. The third kappa shape index (κ3) is 5.20. The topological polar surface area (TPSA) is 110 Å². The van der Waals surface area contributed by atoms with Crippen LogP contribution in [0, 0.1) is 0 Å². The molecule has 8 nitrogen and oxygen atoms in total. The number of amides is 1. The Balaban J connectivity index is 1.65. The molecule has 0 atom stereocenters. The van der Waals surface area contributed by atoms with E-state index in [2.05, 4.69) is 20.5 Å². The van der Waals surface area contributed by atoms with Gasteiger partial charge in [-0.1, -0.05) is 19.3 Å². The van der Waals surface area contributed by atoms with Crippen molar-refractivity contribution < 1.29 is 14.3 Å². The number of hydrogen-bond acceptors (Lipinski definition) is 7. The fourth-order valence-corrected chi connectivity index (χ4v) is 4.11. The molecule has 1 aliphatic carbocycles. The SMILES string of the molecule is COC(=O)c1cc(NC(=O)CN)cnc1N1CCC(NC2CCCCC2)CC1. The van der Waals surface area contributed by atoms with Gasteiger partial charge >= 0.3 is 5.97 Å². The van der Waals surface area contributed by atoms with Gasteiger partial charge in [-0.3, -0.25) is 4.79 Å². The van der Waals surface area contributed by atoms with Crippen LogP contribution in [0.5, 0.6) is 0 Å². The molecule has 1 aromatic heterocycles. The number of carbonyl (C=O) groups is 2. The van der Waals surface area contributed by atoms with E-state index in [-0.39, 0.29) is 12.5 Å². The van der Waals surface area contributed by atoms with Gasteiger partial charge in [-0.2, -0.15) is 0 Å². The highest BCUT2D eigenvalue weighted by molar-refractivity contribution is 5.98. The predicted molar refractivity (Wildman–Crippen MR) is 109 cm³/mol. The summed E-state index contributed by atoms with van der Waals surface area (Å²) in [7, 11) is 1.34. The highest BCUT2D eigenvalue weighted by Crippen LogP contribution is 2.26. The number of carbonyl (C=O) groups excluding carboxylic acids is 2. The third-order valence-electron chi connectivity index (χ3n) is 5.61. The molecule has 2 heterocycles. The Morgan fingerprint density at radius 1 is 1.18 bits per heavy atom. The Kier molecular flexibility index (Phi) is 7.22.